The summed E-state index contributed by atoms with van der Waals surface area (Å²) in [5, 5.41) is 4.60. The summed E-state index contributed by atoms with van der Waals surface area (Å²) in [6, 6.07) is 13.0. The van der Waals surface area contributed by atoms with E-state index in [-0.39, 0.29) is 0 Å². The lowest BCUT2D eigenvalue weighted by Crippen LogP contribution is -2.72. The predicted molar refractivity (Wildman–Crippen MR) is 111 cm³/mol. The van der Waals surface area contributed by atoms with Gasteiger partial charge in [0.05, 0.1) is 13.2 Å². The van der Waals surface area contributed by atoms with Gasteiger partial charge in [-0.15, -0.1) is 0 Å². The van der Waals surface area contributed by atoms with Gasteiger partial charge in [0, 0.05) is 30.4 Å². The van der Waals surface area contributed by atoms with Crippen molar-refractivity contribution in [2.24, 2.45) is 0 Å². The van der Waals surface area contributed by atoms with E-state index in [1.54, 1.807) is 0 Å². The van der Waals surface area contributed by atoms with Crippen LogP contribution < -0.4 is 10.2 Å². The molecular weight excluding hydrogens is 312 g/mol. The highest BCUT2D eigenvalue weighted by Gasteiger charge is 2.07. The van der Waals surface area contributed by atoms with E-state index in [1.807, 2.05) is 12.4 Å². The van der Waals surface area contributed by atoms with E-state index in [0.29, 0.717) is 0 Å². The van der Waals surface area contributed by atoms with Gasteiger partial charge in [-0.05, 0) is 35.6 Å². The molecule has 0 fully saturated rings. The molecule has 0 spiro atoms. The van der Waals surface area contributed by atoms with Crippen LogP contribution in [0.25, 0.3) is 16.8 Å². The molecule has 126 valence electrons. The number of fused-ring (bicyclic) bond motifs is 1. The first-order valence-corrected chi connectivity index (χ1v) is 8.98. The number of thiol groups is 1. The summed E-state index contributed by atoms with van der Waals surface area (Å²) in [4.78, 5) is 2.26. The highest BCUT2D eigenvalue weighted by Crippen LogP contribution is 2.29. The van der Waals surface area contributed by atoms with Crippen LogP contribution in [-0.4, -0.2) is 26.4 Å². The van der Waals surface area contributed by atoms with Gasteiger partial charge >= 0.3 is 0 Å². The minimum Gasteiger partial charge on any atom is -0.373 e. The summed E-state index contributed by atoms with van der Waals surface area (Å²) in [7, 11) is 4.15. The third kappa shape index (κ3) is 4.53. The Kier molecular flexibility index (Phi) is 7.16. The Balaban J connectivity index is 2.43. The molecule has 0 saturated carbocycles. The molecule has 0 aromatic heterocycles. The van der Waals surface area contributed by atoms with E-state index in [2.05, 4.69) is 98.4 Å². The summed E-state index contributed by atoms with van der Waals surface area (Å²) >= 11 is 4.35. The number of rotatable bonds is 7. The van der Waals surface area contributed by atoms with Crippen LogP contribution in [0, 0.1) is 0 Å². The maximum absolute atomic E-state index is 4.35. The minimum absolute atomic E-state index is 0.845. The second kappa shape index (κ2) is 9.36. The summed E-state index contributed by atoms with van der Waals surface area (Å²) in [6.45, 7) is 3.00. The van der Waals surface area contributed by atoms with E-state index in [0.717, 1.165) is 12.3 Å². The van der Waals surface area contributed by atoms with Crippen molar-refractivity contribution in [3.63, 3.8) is 0 Å². The number of nitrogens with zero attached hydrogens (tertiary/aromatic N) is 1. The molecule has 2 rings (SSSR count). The topological polar surface area (TPSA) is 19.9 Å². The van der Waals surface area contributed by atoms with Gasteiger partial charge < -0.3 is 10.2 Å². The third-order valence-electron chi connectivity index (χ3n) is 4.05. The van der Waals surface area contributed by atoms with Crippen LogP contribution in [-0.2, 0) is 0 Å². The Labute approximate surface area is 151 Å². The van der Waals surface area contributed by atoms with Gasteiger partial charge in [-0.3, -0.25) is 0 Å². The van der Waals surface area contributed by atoms with Crippen molar-refractivity contribution in [2.45, 2.75) is 6.92 Å². The summed E-state index contributed by atoms with van der Waals surface area (Å²) in [5.41, 5.74) is 3.69. The average Bonchev–Trinajstić information content (AvgIpc) is 2.62. The molecular formula is C21H27N2S+. The highest BCUT2D eigenvalue weighted by molar-refractivity contribution is 7.80. The van der Waals surface area contributed by atoms with Crippen LogP contribution in [0.15, 0.2) is 66.4 Å². The van der Waals surface area contributed by atoms with E-state index in [4.69, 9.17) is 0 Å². The fourth-order valence-corrected chi connectivity index (χ4v) is 3.00. The zero-order valence-corrected chi connectivity index (χ0v) is 15.6. The van der Waals surface area contributed by atoms with Crippen LogP contribution in [0.3, 0.4) is 0 Å². The van der Waals surface area contributed by atoms with E-state index >= 15 is 0 Å². The molecule has 0 aliphatic rings. The number of hydrogen-bond acceptors (Lipinski definition) is 2. The Bertz CT molecular complexity index is 760. The lowest BCUT2D eigenvalue weighted by Gasteiger charge is -2.21. The number of quaternary nitrogens is 1. The Morgan fingerprint density at radius 3 is 2.54 bits per heavy atom. The Morgan fingerprint density at radius 2 is 1.88 bits per heavy atom. The van der Waals surface area contributed by atoms with E-state index in [1.165, 1.54) is 27.6 Å². The van der Waals surface area contributed by atoms with Crippen molar-refractivity contribution in [1.82, 2.24) is 0 Å². The smallest absolute Gasteiger partial charge is 0.0929 e. The molecule has 2 aromatic rings. The molecule has 0 radical (unpaired) electrons. The molecule has 0 aliphatic carbocycles. The molecule has 24 heavy (non-hydrogen) atoms. The average molecular weight is 340 g/mol. The van der Waals surface area contributed by atoms with Gasteiger partial charge in [-0.2, -0.15) is 12.6 Å². The highest BCUT2D eigenvalue weighted by atomic mass is 32.1. The maximum Gasteiger partial charge on any atom is 0.0929 e. The maximum atomic E-state index is 4.35. The first kappa shape index (κ1) is 18.4. The molecule has 0 atom stereocenters. The van der Waals surface area contributed by atoms with Gasteiger partial charge in [0.2, 0.25) is 0 Å². The van der Waals surface area contributed by atoms with Crippen LogP contribution in [0.1, 0.15) is 12.5 Å². The molecule has 0 saturated heterocycles. The molecule has 2 N–H and O–H groups in total. The monoisotopic (exact) mass is 339 g/mol. The number of nitrogens with two attached hydrogens (primary N) is 1. The lowest BCUT2D eigenvalue weighted by molar-refractivity contribution is -0.556. The van der Waals surface area contributed by atoms with Crippen molar-refractivity contribution in [1.29, 1.82) is 0 Å². The molecule has 0 aliphatic heterocycles. The quantitative estimate of drug-likeness (QED) is 0.579. The van der Waals surface area contributed by atoms with E-state index < -0.39 is 0 Å². The van der Waals surface area contributed by atoms with Crippen LogP contribution in [0.5, 0.6) is 0 Å². The molecule has 0 amide bonds. The number of anilines is 1. The van der Waals surface area contributed by atoms with Gasteiger partial charge in [-0.25, -0.2) is 0 Å². The SMILES string of the molecule is C/C=C(\C=C/[NH2+]C)/C=C/c1ccc(N(C)CCS)c2ccccc12. The normalized spacial score (nSPS) is 12.6. The molecule has 2 nitrogen and oxygen atoms in total. The second-order valence-corrected chi connectivity index (χ2v) is 6.13. The predicted octanol–water partition coefficient (Wildman–Crippen LogP) is 3.87. The van der Waals surface area contributed by atoms with Crippen LogP contribution in [0.4, 0.5) is 5.69 Å². The zero-order valence-electron chi connectivity index (χ0n) is 14.7. The largest absolute Gasteiger partial charge is 0.373 e. The summed E-state index contributed by atoms with van der Waals surface area (Å²) in [5.74, 6) is 0.845. The van der Waals surface area contributed by atoms with Gasteiger partial charge in [-0.1, -0.05) is 48.6 Å². The van der Waals surface area contributed by atoms with Crippen molar-refractivity contribution in [3.8, 4) is 0 Å². The molecule has 0 heterocycles. The first-order chi connectivity index (χ1) is 11.7. The lowest BCUT2D eigenvalue weighted by atomic mass is 10.0. The van der Waals surface area contributed by atoms with E-state index in [9.17, 15) is 0 Å². The Hall–Kier alpha value is -1.97. The fraction of sp³-hybridized carbons (Fsp3) is 0.238. The summed E-state index contributed by atoms with van der Waals surface area (Å²) < 4.78 is 0. The van der Waals surface area contributed by atoms with Gasteiger partial charge in [0.15, 0.2) is 0 Å². The zero-order chi connectivity index (χ0) is 17.4. The number of benzene rings is 2. The number of hydrogen-bond donors (Lipinski definition) is 2. The van der Waals surface area contributed by atoms with Crippen molar-refractivity contribution in [2.75, 3.05) is 31.3 Å². The van der Waals surface area contributed by atoms with Gasteiger partial charge in [0.1, 0.15) is 0 Å². The summed E-state index contributed by atoms with van der Waals surface area (Å²) in [6.07, 6.45) is 10.7. The molecule has 0 bridgehead atoms. The van der Waals surface area contributed by atoms with Crippen molar-refractivity contribution < 1.29 is 5.32 Å². The first-order valence-electron chi connectivity index (χ1n) is 8.35. The van der Waals surface area contributed by atoms with Crippen LogP contribution in [0.2, 0.25) is 0 Å². The third-order valence-corrected chi connectivity index (χ3v) is 4.25. The molecule has 3 heteroatoms. The Morgan fingerprint density at radius 1 is 1.12 bits per heavy atom. The number of allylic oxidation sites excluding steroid dienone is 4. The van der Waals surface area contributed by atoms with Crippen molar-refractivity contribution >= 4 is 35.2 Å². The molecule has 0 unspecified atom stereocenters. The standard InChI is InChI=1S/C21H26N2S/c1-4-17(13-14-22-2)9-10-18-11-12-21(23(3)15-16-24)20-8-6-5-7-19(18)20/h4-14,22,24H,15-16H2,1-3H3/p+1/b10-9+,14-13-,17-4-. The van der Waals surface area contributed by atoms with Crippen LogP contribution >= 0.6 is 12.6 Å². The minimum atomic E-state index is 0.845. The second-order valence-electron chi connectivity index (χ2n) is 5.68. The molecule has 2 aromatic carbocycles. The fourth-order valence-electron chi connectivity index (χ4n) is 2.70. The van der Waals surface area contributed by atoms with Gasteiger partial charge in [0.25, 0.3) is 0 Å². The van der Waals surface area contributed by atoms with Crippen molar-refractivity contribution in [3.05, 3.63) is 72.0 Å².